The highest BCUT2D eigenvalue weighted by Crippen LogP contribution is 2.25. The van der Waals surface area contributed by atoms with Crippen LogP contribution in [0.4, 0.5) is 0 Å². The third-order valence-electron chi connectivity index (χ3n) is 3.75. The Balaban J connectivity index is 3.19. The zero-order chi connectivity index (χ0) is 19.0. The molecule has 2 N–H and O–H groups in total. The molecule has 3 atom stereocenters. The number of carbonyl (C=O) groups excluding carboxylic acids is 2. The van der Waals surface area contributed by atoms with Gasteiger partial charge in [0.1, 0.15) is 11.7 Å². The van der Waals surface area contributed by atoms with E-state index in [1.165, 1.54) is 36.4 Å². The molecule has 0 spiro atoms. The summed E-state index contributed by atoms with van der Waals surface area (Å²) in [6.07, 6.45) is 8.79. The van der Waals surface area contributed by atoms with E-state index in [9.17, 15) is 19.8 Å². The lowest BCUT2D eigenvalue weighted by atomic mass is 9.99. The summed E-state index contributed by atoms with van der Waals surface area (Å²) >= 11 is 0. The van der Waals surface area contributed by atoms with Crippen LogP contribution in [-0.4, -0.2) is 33.0 Å². The number of phenols is 1. The lowest BCUT2D eigenvalue weighted by molar-refractivity contribution is -0.150. The van der Waals surface area contributed by atoms with Gasteiger partial charge in [0.15, 0.2) is 0 Å². The largest absolute Gasteiger partial charge is 0.508 e. The van der Waals surface area contributed by atoms with Gasteiger partial charge in [-0.25, -0.2) is 0 Å². The molecule has 3 unspecified atom stereocenters. The monoisotopic (exact) mass is 341 g/mol. The summed E-state index contributed by atoms with van der Waals surface area (Å²) in [4.78, 5) is 26.2. The van der Waals surface area contributed by atoms with Crippen molar-refractivity contribution in [2.24, 2.45) is 5.92 Å². The van der Waals surface area contributed by atoms with Crippen LogP contribution < -0.4 is 0 Å². The van der Waals surface area contributed by atoms with Crippen molar-refractivity contribution in [2.75, 3.05) is 0 Å². The first-order valence-corrected chi connectivity index (χ1v) is 7.90. The van der Waals surface area contributed by atoms with E-state index in [0.717, 1.165) is 4.90 Å². The molecule has 1 aromatic rings. The molecule has 0 aliphatic rings. The van der Waals surface area contributed by atoms with Crippen LogP contribution in [0.3, 0.4) is 0 Å². The summed E-state index contributed by atoms with van der Waals surface area (Å²) in [5.41, 5.74) is 0.470. The second kappa shape index (κ2) is 9.45. The van der Waals surface area contributed by atoms with Crippen molar-refractivity contribution in [3.8, 4) is 18.1 Å². The van der Waals surface area contributed by atoms with Crippen LogP contribution >= 0.6 is 0 Å². The summed E-state index contributed by atoms with van der Waals surface area (Å²) in [7, 11) is 0. The Morgan fingerprint density at radius 3 is 2.44 bits per heavy atom. The van der Waals surface area contributed by atoms with Crippen molar-refractivity contribution < 1.29 is 19.8 Å². The molecule has 5 nitrogen and oxygen atoms in total. The molecule has 132 valence electrons. The van der Waals surface area contributed by atoms with Crippen molar-refractivity contribution in [3.63, 3.8) is 0 Å². The molecule has 2 amide bonds. The minimum absolute atomic E-state index is 0.0501. The summed E-state index contributed by atoms with van der Waals surface area (Å²) in [6, 6.07) is 5.06. The summed E-state index contributed by atoms with van der Waals surface area (Å²) < 4.78 is 0. The smallest absolute Gasteiger partial charge is 0.248 e. The molecule has 0 aliphatic carbocycles. The van der Waals surface area contributed by atoms with Gasteiger partial charge in [-0.3, -0.25) is 14.5 Å². The number of aromatic hydroxyl groups is 1. The number of benzene rings is 1. The van der Waals surface area contributed by atoms with E-state index in [4.69, 9.17) is 6.42 Å². The first-order chi connectivity index (χ1) is 11.9. The highest BCUT2D eigenvalue weighted by atomic mass is 16.3. The van der Waals surface area contributed by atoms with Gasteiger partial charge in [0.05, 0.1) is 12.1 Å². The number of hydrogen-bond acceptors (Lipinski definition) is 4. The molecule has 0 bridgehead atoms. The number of hydrogen-bond donors (Lipinski definition) is 2. The minimum Gasteiger partial charge on any atom is -0.508 e. The van der Waals surface area contributed by atoms with Gasteiger partial charge < -0.3 is 10.2 Å². The average Bonchev–Trinajstić information content (AvgIpc) is 2.59. The third-order valence-corrected chi connectivity index (χ3v) is 3.75. The second-order valence-corrected chi connectivity index (χ2v) is 5.54. The maximum Gasteiger partial charge on any atom is 0.248 e. The molecule has 0 aliphatic heterocycles. The molecule has 1 aromatic carbocycles. The average molecular weight is 341 g/mol. The minimum atomic E-state index is -1.12. The van der Waals surface area contributed by atoms with Gasteiger partial charge in [0.2, 0.25) is 11.8 Å². The Kier molecular flexibility index (Phi) is 7.64. The summed E-state index contributed by atoms with van der Waals surface area (Å²) in [5, 5.41) is 19.9. The summed E-state index contributed by atoms with van der Waals surface area (Å²) in [5.74, 6) is 0.448. The number of nitrogens with zero attached hydrogens (tertiary/aromatic N) is 1. The molecule has 0 fully saturated rings. The maximum absolute atomic E-state index is 12.7. The summed E-state index contributed by atoms with van der Waals surface area (Å²) in [6.45, 7) is 6.81. The maximum atomic E-state index is 12.7. The van der Waals surface area contributed by atoms with E-state index in [0.29, 0.717) is 5.56 Å². The fourth-order valence-electron chi connectivity index (χ4n) is 2.42. The van der Waals surface area contributed by atoms with E-state index in [-0.39, 0.29) is 12.2 Å². The molecule has 0 aromatic heterocycles. The fourth-order valence-corrected chi connectivity index (χ4v) is 2.42. The van der Waals surface area contributed by atoms with E-state index >= 15 is 0 Å². The lowest BCUT2D eigenvalue weighted by Crippen LogP contribution is -2.48. The van der Waals surface area contributed by atoms with E-state index in [2.05, 4.69) is 12.5 Å². The Hall–Kier alpha value is -2.84. The number of imide groups is 1. The normalized spacial score (nSPS) is 14.3. The van der Waals surface area contributed by atoms with Crippen molar-refractivity contribution in [2.45, 2.75) is 32.4 Å². The Morgan fingerprint density at radius 2 is 1.96 bits per heavy atom. The van der Waals surface area contributed by atoms with Crippen molar-refractivity contribution in [3.05, 3.63) is 54.6 Å². The molecular weight excluding hydrogens is 318 g/mol. The lowest BCUT2D eigenvalue weighted by Gasteiger charge is -2.32. The molecule has 0 heterocycles. The van der Waals surface area contributed by atoms with Crippen molar-refractivity contribution >= 4 is 11.8 Å². The number of rotatable bonds is 7. The predicted octanol–water partition coefficient (Wildman–Crippen LogP) is 2.57. The van der Waals surface area contributed by atoms with Gasteiger partial charge in [-0.05, 0) is 31.5 Å². The number of amides is 2. The molecule has 1 rings (SSSR count). The second-order valence-electron chi connectivity index (χ2n) is 5.54. The number of phenolic OH excluding ortho intramolecular Hbond substituents is 1. The van der Waals surface area contributed by atoms with Crippen molar-refractivity contribution in [1.29, 1.82) is 0 Å². The van der Waals surface area contributed by atoms with E-state index in [1.807, 2.05) is 0 Å². The predicted molar refractivity (Wildman–Crippen MR) is 96.3 cm³/mol. The number of carbonyl (C=O) groups is 2. The standard InChI is InChI=1S/C20H23NO4/c1-5-8-15(7-3)20(25)21(18(23)9-6-2)14(4)19(24)16-10-12-17(22)13-11-16/h3,5-6,8,10-15,19,22,24H,2,9H2,1,4H3/b8-5-. The van der Waals surface area contributed by atoms with Crippen LogP contribution in [0.25, 0.3) is 0 Å². The number of allylic oxidation sites excluding steroid dienone is 1. The topological polar surface area (TPSA) is 77.8 Å². The van der Waals surface area contributed by atoms with Crippen LogP contribution in [0.2, 0.25) is 0 Å². The van der Waals surface area contributed by atoms with Crippen LogP contribution in [0, 0.1) is 18.3 Å². The molecule has 0 saturated carbocycles. The van der Waals surface area contributed by atoms with Crippen LogP contribution in [-0.2, 0) is 9.59 Å². The molecule has 0 saturated heterocycles. The van der Waals surface area contributed by atoms with Crippen LogP contribution in [0.1, 0.15) is 31.9 Å². The highest BCUT2D eigenvalue weighted by Gasteiger charge is 2.34. The van der Waals surface area contributed by atoms with Gasteiger partial charge in [0.25, 0.3) is 0 Å². The SMILES string of the molecule is C#CC(/C=C\C)C(=O)N(C(=O)CC=C)C(C)C(O)c1ccc(O)cc1. The highest BCUT2D eigenvalue weighted by molar-refractivity contribution is 5.99. The van der Waals surface area contributed by atoms with Crippen LogP contribution in [0.15, 0.2) is 49.1 Å². The quantitative estimate of drug-likeness (QED) is 0.590. The van der Waals surface area contributed by atoms with Gasteiger partial charge >= 0.3 is 0 Å². The molecule has 5 heteroatoms. The van der Waals surface area contributed by atoms with Gasteiger partial charge in [0, 0.05) is 6.42 Å². The van der Waals surface area contributed by atoms with E-state index in [1.54, 1.807) is 19.9 Å². The Bertz CT molecular complexity index is 685. The van der Waals surface area contributed by atoms with Crippen LogP contribution in [0.5, 0.6) is 5.75 Å². The zero-order valence-electron chi connectivity index (χ0n) is 14.4. The van der Waals surface area contributed by atoms with E-state index < -0.39 is 29.9 Å². The number of aliphatic hydroxyl groups is 1. The molecule has 25 heavy (non-hydrogen) atoms. The number of terminal acetylenes is 1. The fraction of sp³-hybridized carbons (Fsp3) is 0.300. The first kappa shape index (κ1) is 20.2. The number of aliphatic hydroxyl groups excluding tert-OH is 1. The Labute approximate surface area is 148 Å². The van der Waals surface area contributed by atoms with Gasteiger partial charge in [-0.1, -0.05) is 36.3 Å². The molecular formula is C20H23NO4. The van der Waals surface area contributed by atoms with Gasteiger partial charge in [-0.2, -0.15) is 0 Å². The van der Waals surface area contributed by atoms with Gasteiger partial charge in [-0.15, -0.1) is 13.0 Å². The Morgan fingerprint density at radius 1 is 1.36 bits per heavy atom. The molecule has 0 radical (unpaired) electrons. The van der Waals surface area contributed by atoms with Crippen molar-refractivity contribution in [1.82, 2.24) is 4.90 Å². The first-order valence-electron chi connectivity index (χ1n) is 7.90. The zero-order valence-corrected chi connectivity index (χ0v) is 14.4. The third kappa shape index (κ3) is 5.07.